The van der Waals surface area contributed by atoms with Crippen LogP contribution in [0.15, 0.2) is 6.20 Å². The molecule has 0 aromatic carbocycles. The number of hydrogen-bond acceptors (Lipinski definition) is 5. The van der Waals surface area contributed by atoms with Crippen LogP contribution in [-0.4, -0.2) is 44.8 Å². The molecule has 0 bridgehead atoms. The highest BCUT2D eigenvalue weighted by atomic mass is 15.3. The molecule has 0 saturated heterocycles. The van der Waals surface area contributed by atoms with Crippen LogP contribution in [0.25, 0.3) is 11.0 Å². The predicted molar refractivity (Wildman–Crippen MR) is 77.1 cm³/mol. The first-order valence-electron chi connectivity index (χ1n) is 6.76. The van der Waals surface area contributed by atoms with Crippen LogP contribution in [0.3, 0.4) is 0 Å². The molecule has 0 unspecified atom stereocenters. The van der Waals surface area contributed by atoms with Gasteiger partial charge in [0.05, 0.1) is 18.1 Å². The summed E-state index contributed by atoms with van der Waals surface area (Å²) in [7, 11) is 3.97. The average Bonchev–Trinajstić information content (AvgIpc) is 2.78. The number of aromatic nitrogens is 4. The van der Waals surface area contributed by atoms with E-state index in [0.29, 0.717) is 0 Å². The van der Waals surface area contributed by atoms with Crippen LogP contribution in [0.4, 0.5) is 5.82 Å². The highest BCUT2D eigenvalue weighted by Gasteiger charge is 2.11. The fourth-order valence-electron chi connectivity index (χ4n) is 1.87. The van der Waals surface area contributed by atoms with E-state index in [2.05, 4.69) is 46.2 Å². The second kappa shape index (κ2) is 5.97. The molecule has 104 valence electrons. The smallest absolute Gasteiger partial charge is 0.163 e. The third-order valence-electron chi connectivity index (χ3n) is 3.13. The van der Waals surface area contributed by atoms with Crippen molar-refractivity contribution in [2.75, 3.05) is 25.5 Å². The molecule has 0 amide bonds. The zero-order valence-corrected chi connectivity index (χ0v) is 12.1. The molecule has 19 heavy (non-hydrogen) atoms. The second-order valence-corrected chi connectivity index (χ2v) is 4.75. The summed E-state index contributed by atoms with van der Waals surface area (Å²) in [5.41, 5.74) is 0.883. The van der Waals surface area contributed by atoms with Crippen LogP contribution in [0.2, 0.25) is 0 Å². The van der Waals surface area contributed by atoms with Crippen molar-refractivity contribution in [3.63, 3.8) is 0 Å². The minimum absolute atomic E-state index is 0.748. The lowest BCUT2D eigenvalue weighted by molar-refractivity contribution is 0.337. The van der Waals surface area contributed by atoms with E-state index in [1.807, 2.05) is 13.2 Å². The number of nitrogens with one attached hydrogen (secondary N) is 1. The third kappa shape index (κ3) is 3.01. The maximum Gasteiger partial charge on any atom is 0.163 e. The fourth-order valence-corrected chi connectivity index (χ4v) is 1.87. The van der Waals surface area contributed by atoms with E-state index < -0.39 is 0 Å². The Labute approximate surface area is 113 Å². The van der Waals surface area contributed by atoms with Gasteiger partial charge in [0.2, 0.25) is 0 Å². The van der Waals surface area contributed by atoms with Gasteiger partial charge in [0.1, 0.15) is 11.6 Å². The van der Waals surface area contributed by atoms with Gasteiger partial charge in [-0.25, -0.2) is 9.97 Å². The quantitative estimate of drug-likeness (QED) is 0.857. The van der Waals surface area contributed by atoms with Gasteiger partial charge in [-0.2, -0.15) is 5.10 Å². The van der Waals surface area contributed by atoms with Crippen molar-refractivity contribution in [1.29, 1.82) is 0 Å². The molecule has 2 rings (SSSR count). The minimum Gasteiger partial charge on any atom is -0.369 e. The normalized spacial score (nSPS) is 11.4. The van der Waals surface area contributed by atoms with E-state index in [9.17, 15) is 0 Å². The molecule has 0 radical (unpaired) electrons. The molecule has 0 spiro atoms. The number of nitrogens with zero attached hydrogens (tertiary/aromatic N) is 5. The van der Waals surface area contributed by atoms with E-state index in [-0.39, 0.29) is 0 Å². The summed E-state index contributed by atoms with van der Waals surface area (Å²) in [6, 6.07) is 0. The van der Waals surface area contributed by atoms with Crippen molar-refractivity contribution in [3.05, 3.63) is 12.0 Å². The van der Waals surface area contributed by atoms with Gasteiger partial charge in [-0.05, 0) is 20.0 Å². The Morgan fingerprint density at radius 3 is 2.79 bits per heavy atom. The van der Waals surface area contributed by atoms with Gasteiger partial charge >= 0.3 is 0 Å². The summed E-state index contributed by atoms with van der Waals surface area (Å²) in [4.78, 5) is 11.4. The molecule has 0 atom stereocenters. The van der Waals surface area contributed by atoms with Gasteiger partial charge in [-0.1, -0.05) is 13.8 Å². The largest absolute Gasteiger partial charge is 0.369 e. The molecule has 2 aromatic heterocycles. The first-order valence-corrected chi connectivity index (χ1v) is 6.76. The summed E-state index contributed by atoms with van der Waals surface area (Å²) >= 11 is 0. The Bertz CT molecular complexity index is 547. The third-order valence-corrected chi connectivity index (χ3v) is 3.13. The van der Waals surface area contributed by atoms with Crippen molar-refractivity contribution in [3.8, 4) is 0 Å². The van der Waals surface area contributed by atoms with Gasteiger partial charge in [0, 0.05) is 13.6 Å². The molecule has 0 fully saturated rings. The lowest BCUT2D eigenvalue weighted by Crippen LogP contribution is -2.19. The summed E-state index contributed by atoms with van der Waals surface area (Å²) in [5, 5.41) is 8.61. The Kier molecular flexibility index (Phi) is 4.31. The summed E-state index contributed by atoms with van der Waals surface area (Å²) in [6.07, 6.45) is 2.89. The molecule has 6 nitrogen and oxygen atoms in total. The maximum absolute atomic E-state index is 4.62. The van der Waals surface area contributed by atoms with E-state index >= 15 is 0 Å². The molecule has 0 saturated carbocycles. The van der Waals surface area contributed by atoms with Crippen LogP contribution in [-0.2, 0) is 13.6 Å². The van der Waals surface area contributed by atoms with E-state index in [1.54, 1.807) is 4.68 Å². The lowest BCUT2D eigenvalue weighted by Gasteiger charge is -2.14. The highest BCUT2D eigenvalue weighted by molar-refractivity contribution is 5.86. The zero-order chi connectivity index (χ0) is 13.8. The number of anilines is 1. The molecule has 2 heterocycles. The Hall–Kier alpha value is -1.69. The van der Waals surface area contributed by atoms with Crippen LogP contribution in [0.1, 0.15) is 26.1 Å². The summed E-state index contributed by atoms with van der Waals surface area (Å²) in [6.45, 7) is 6.90. The molecule has 0 aliphatic rings. The Morgan fingerprint density at radius 1 is 1.32 bits per heavy atom. The van der Waals surface area contributed by atoms with Crippen molar-refractivity contribution in [1.82, 2.24) is 24.6 Å². The average molecular weight is 262 g/mol. The van der Waals surface area contributed by atoms with Crippen LogP contribution in [0, 0.1) is 0 Å². The van der Waals surface area contributed by atoms with Crippen LogP contribution >= 0.6 is 0 Å². The van der Waals surface area contributed by atoms with E-state index in [1.165, 1.54) is 0 Å². The maximum atomic E-state index is 4.62. The predicted octanol–water partition coefficient (Wildman–Crippen LogP) is 1.64. The van der Waals surface area contributed by atoms with Crippen LogP contribution < -0.4 is 5.32 Å². The topological polar surface area (TPSA) is 58.9 Å². The van der Waals surface area contributed by atoms with Crippen molar-refractivity contribution in [2.24, 2.45) is 7.05 Å². The van der Waals surface area contributed by atoms with Gasteiger partial charge in [-0.15, -0.1) is 0 Å². The van der Waals surface area contributed by atoms with E-state index in [4.69, 9.17) is 0 Å². The molecule has 1 N–H and O–H groups in total. The molecular formula is C13H22N6. The number of hydrogen-bond donors (Lipinski definition) is 1. The monoisotopic (exact) mass is 262 g/mol. The van der Waals surface area contributed by atoms with Crippen molar-refractivity contribution in [2.45, 2.75) is 26.8 Å². The molecular weight excluding hydrogens is 240 g/mol. The fraction of sp³-hybridized carbons (Fsp3) is 0.615. The van der Waals surface area contributed by atoms with Gasteiger partial charge in [0.25, 0.3) is 0 Å². The standard InChI is InChI=1S/C13H22N6/c1-5-7-14-12-10-8-15-19(4)13(10)17-11(16-12)9-18(3)6-2/h8H,5-7,9H2,1-4H3,(H,14,16,17). The number of aryl methyl sites for hydroxylation is 1. The first kappa shape index (κ1) is 13.7. The lowest BCUT2D eigenvalue weighted by atomic mass is 10.3. The molecule has 2 aromatic rings. The second-order valence-electron chi connectivity index (χ2n) is 4.75. The van der Waals surface area contributed by atoms with Crippen molar-refractivity contribution >= 4 is 16.9 Å². The molecule has 0 aliphatic heterocycles. The van der Waals surface area contributed by atoms with Gasteiger partial charge < -0.3 is 5.32 Å². The number of rotatable bonds is 6. The van der Waals surface area contributed by atoms with Gasteiger partial charge in [0.15, 0.2) is 5.65 Å². The number of fused-ring (bicyclic) bond motifs is 1. The SMILES string of the molecule is CCCNc1nc(CN(C)CC)nc2c1cnn2C. The Morgan fingerprint density at radius 2 is 2.11 bits per heavy atom. The van der Waals surface area contributed by atoms with Crippen molar-refractivity contribution < 1.29 is 0 Å². The summed E-state index contributed by atoms with van der Waals surface area (Å²) < 4.78 is 1.80. The molecule has 0 aliphatic carbocycles. The van der Waals surface area contributed by atoms with Crippen LogP contribution in [0.5, 0.6) is 0 Å². The summed E-state index contributed by atoms with van der Waals surface area (Å²) in [5.74, 6) is 1.72. The molecule has 6 heteroatoms. The van der Waals surface area contributed by atoms with Gasteiger partial charge in [-0.3, -0.25) is 9.58 Å². The Balaban J connectivity index is 2.39. The zero-order valence-electron chi connectivity index (χ0n) is 12.1. The first-order chi connectivity index (χ1) is 9.15. The minimum atomic E-state index is 0.748. The highest BCUT2D eigenvalue weighted by Crippen LogP contribution is 2.19. The van der Waals surface area contributed by atoms with E-state index in [0.717, 1.165) is 48.7 Å².